The Bertz CT molecular complexity index is 414. The number of phenolic OH excluding ortho intramolecular Hbond substituents is 1. The predicted octanol–water partition coefficient (Wildman–Crippen LogP) is 1.24. The molecule has 0 aliphatic carbocycles. The molecule has 5 heteroatoms. The lowest BCUT2D eigenvalue weighted by molar-refractivity contribution is 0.195. The van der Waals surface area contributed by atoms with Gasteiger partial charge in [-0.1, -0.05) is 12.1 Å². The van der Waals surface area contributed by atoms with Crippen LogP contribution in [0.5, 0.6) is 5.75 Å². The van der Waals surface area contributed by atoms with Crippen LogP contribution in [0.15, 0.2) is 24.3 Å². The zero-order chi connectivity index (χ0) is 13.0. The van der Waals surface area contributed by atoms with Gasteiger partial charge in [0.25, 0.3) is 0 Å². The number of benzene rings is 1. The molecule has 5 nitrogen and oxygen atoms in total. The van der Waals surface area contributed by atoms with Gasteiger partial charge in [-0.25, -0.2) is 4.79 Å². The van der Waals surface area contributed by atoms with Crippen molar-refractivity contribution in [3.63, 3.8) is 0 Å². The van der Waals surface area contributed by atoms with Crippen LogP contribution in [0, 0.1) is 0 Å². The van der Waals surface area contributed by atoms with Gasteiger partial charge in [-0.15, -0.1) is 0 Å². The van der Waals surface area contributed by atoms with Crippen molar-refractivity contribution in [1.29, 1.82) is 0 Å². The van der Waals surface area contributed by atoms with Gasteiger partial charge in [0.15, 0.2) is 0 Å². The van der Waals surface area contributed by atoms with E-state index in [2.05, 4.69) is 10.2 Å². The van der Waals surface area contributed by atoms with Crippen LogP contribution in [-0.2, 0) is 0 Å². The Morgan fingerprint density at radius 3 is 2.56 bits per heavy atom. The van der Waals surface area contributed by atoms with Gasteiger partial charge in [0, 0.05) is 32.7 Å². The highest BCUT2D eigenvalue weighted by Crippen LogP contribution is 2.27. The largest absolute Gasteiger partial charge is 0.506 e. The third kappa shape index (κ3) is 2.67. The summed E-state index contributed by atoms with van der Waals surface area (Å²) in [5.74, 6) is 0.295. The minimum absolute atomic E-state index is 0.00515. The number of phenols is 1. The number of aromatic hydroxyl groups is 1. The lowest BCUT2D eigenvalue weighted by Crippen LogP contribution is -2.51. The summed E-state index contributed by atoms with van der Waals surface area (Å²) in [5.41, 5.74) is 0.841. The zero-order valence-corrected chi connectivity index (χ0v) is 10.6. The summed E-state index contributed by atoms with van der Waals surface area (Å²) in [6, 6.07) is 7.30. The van der Waals surface area contributed by atoms with Gasteiger partial charge in [0.1, 0.15) is 5.75 Å². The molecule has 98 valence electrons. The summed E-state index contributed by atoms with van der Waals surface area (Å²) < 4.78 is 0. The van der Waals surface area contributed by atoms with E-state index in [0.29, 0.717) is 25.4 Å². The number of carbonyl (C=O) groups is 1. The van der Waals surface area contributed by atoms with Crippen LogP contribution < -0.4 is 10.2 Å². The number of hydrogen-bond donors (Lipinski definition) is 2. The second-order valence-corrected chi connectivity index (χ2v) is 4.30. The van der Waals surface area contributed by atoms with Crippen LogP contribution in [-0.4, -0.2) is 48.8 Å². The number of urea groups is 1. The fourth-order valence-corrected chi connectivity index (χ4v) is 2.15. The highest BCUT2D eigenvalue weighted by molar-refractivity contribution is 5.74. The van der Waals surface area contributed by atoms with Gasteiger partial charge in [0.2, 0.25) is 0 Å². The predicted molar refractivity (Wildman–Crippen MR) is 71.0 cm³/mol. The topological polar surface area (TPSA) is 55.8 Å². The number of piperazine rings is 1. The number of amides is 2. The fraction of sp³-hybridized carbons (Fsp3) is 0.462. The van der Waals surface area contributed by atoms with Crippen molar-refractivity contribution in [3.8, 4) is 5.75 Å². The monoisotopic (exact) mass is 249 g/mol. The van der Waals surface area contributed by atoms with Gasteiger partial charge >= 0.3 is 6.03 Å². The molecule has 0 bridgehead atoms. The molecule has 1 aromatic rings. The smallest absolute Gasteiger partial charge is 0.317 e. The molecule has 2 N–H and O–H groups in total. The minimum Gasteiger partial charge on any atom is -0.506 e. The maximum Gasteiger partial charge on any atom is 0.317 e. The molecule has 1 heterocycles. The molecule has 18 heavy (non-hydrogen) atoms. The highest BCUT2D eigenvalue weighted by atomic mass is 16.3. The summed E-state index contributed by atoms with van der Waals surface area (Å²) in [6.45, 7) is 5.42. The molecule has 1 aromatic carbocycles. The molecule has 0 saturated carbocycles. The number of rotatable bonds is 2. The van der Waals surface area contributed by atoms with Gasteiger partial charge in [-0.05, 0) is 19.1 Å². The van der Waals surface area contributed by atoms with E-state index in [1.165, 1.54) is 0 Å². The second kappa shape index (κ2) is 5.62. The van der Waals surface area contributed by atoms with Crippen molar-refractivity contribution >= 4 is 11.7 Å². The van der Waals surface area contributed by atoms with Crippen molar-refractivity contribution in [2.45, 2.75) is 6.92 Å². The van der Waals surface area contributed by atoms with E-state index in [0.717, 1.165) is 18.8 Å². The molecule has 1 fully saturated rings. The summed E-state index contributed by atoms with van der Waals surface area (Å²) in [7, 11) is 0. The molecule has 0 radical (unpaired) electrons. The molecule has 0 aromatic heterocycles. The molecular formula is C13H19N3O2. The molecular weight excluding hydrogens is 230 g/mol. The number of nitrogens with zero attached hydrogens (tertiary/aromatic N) is 2. The first-order valence-electron chi connectivity index (χ1n) is 6.28. The average Bonchev–Trinajstić information content (AvgIpc) is 2.40. The van der Waals surface area contributed by atoms with Gasteiger partial charge in [0.05, 0.1) is 5.69 Å². The maximum atomic E-state index is 11.7. The summed E-state index contributed by atoms with van der Waals surface area (Å²) >= 11 is 0. The first-order chi connectivity index (χ1) is 8.72. The third-order valence-corrected chi connectivity index (χ3v) is 3.12. The number of carbonyl (C=O) groups excluding carboxylic acids is 1. The average molecular weight is 249 g/mol. The van der Waals surface area contributed by atoms with Crippen LogP contribution in [0.25, 0.3) is 0 Å². The minimum atomic E-state index is -0.00515. The van der Waals surface area contributed by atoms with Gasteiger partial charge in [-0.2, -0.15) is 0 Å². The van der Waals surface area contributed by atoms with Crippen molar-refractivity contribution < 1.29 is 9.90 Å². The zero-order valence-electron chi connectivity index (χ0n) is 10.6. The van der Waals surface area contributed by atoms with Crippen LogP contribution in [0.2, 0.25) is 0 Å². The summed E-state index contributed by atoms with van der Waals surface area (Å²) in [6.07, 6.45) is 0. The van der Waals surface area contributed by atoms with Gasteiger partial charge in [-0.3, -0.25) is 0 Å². The normalized spacial score (nSPS) is 15.6. The number of hydrogen-bond acceptors (Lipinski definition) is 3. The summed E-state index contributed by atoms with van der Waals surface area (Å²) in [4.78, 5) is 15.6. The molecule has 2 rings (SSSR count). The Morgan fingerprint density at radius 1 is 1.28 bits per heavy atom. The van der Waals surface area contributed by atoms with Crippen molar-refractivity contribution in [2.75, 3.05) is 37.6 Å². The Morgan fingerprint density at radius 2 is 1.94 bits per heavy atom. The van der Waals surface area contributed by atoms with Crippen molar-refractivity contribution in [1.82, 2.24) is 10.2 Å². The fourth-order valence-electron chi connectivity index (χ4n) is 2.15. The molecule has 1 saturated heterocycles. The molecule has 0 atom stereocenters. The Hall–Kier alpha value is -1.91. The Kier molecular flexibility index (Phi) is 3.92. The summed E-state index contributed by atoms with van der Waals surface area (Å²) in [5, 5.41) is 12.6. The van der Waals surface area contributed by atoms with Crippen LogP contribution in [0.4, 0.5) is 10.5 Å². The molecule has 0 unspecified atom stereocenters. The van der Waals surface area contributed by atoms with E-state index in [9.17, 15) is 9.90 Å². The highest BCUT2D eigenvalue weighted by Gasteiger charge is 2.21. The standard InChI is InChI=1S/C13H19N3O2/c1-2-14-13(18)16-9-7-15(8-10-16)11-5-3-4-6-12(11)17/h3-6,17H,2,7-10H2,1H3,(H,14,18). The molecule has 2 amide bonds. The first-order valence-corrected chi connectivity index (χ1v) is 6.28. The van der Waals surface area contributed by atoms with E-state index in [1.54, 1.807) is 11.0 Å². The van der Waals surface area contributed by atoms with E-state index in [4.69, 9.17) is 0 Å². The van der Waals surface area contributed by atoms with E-state index in [1.807, 2.05) is 25.1 Å². The second-order valence-electron chi connectivity index (χ2n) is 4.30. The van der Waals surface area contributed by atoms with E-state index >= 15 is 0 Å². The van der Waals surface area contributed by atoms with Crippen LogP contribution in [0.1, 0.15) is 6.92 Å². The number of para-hydroxylation sites is 2. The quantitative estimate of drug-likeness (QED) is 0.829. The van der Waals surface area contributed by atoms with Gasteiger partial charge < -0.3 is 20.2 Å². The Labute approximate surface area is 107 Å². The lowest BCUT2D eigenvalue weighted by Gasteiger charge is -2.36. The third-order valence-electron chi connectivity index (χ3n) is 3.12. The Balaban J connectivity index is 1.95. The molecule has 1 aliphatic rings. The maximum absolute atomic E-state index is 11.7. The molecule has 1 aliphatic heterocycles. The van der Waals surface area contributed by atoms with Crippen LogP contribution in [0.3, 0.4) is 0 Å². The first kappa shape index (κ1) is 12.5. The number of nitrogens with one attached hydrogen (secondary N) is 1. The lowest BCUT2D eigenvalue weighted by atomic mass is 10.2. The van der Waals surface area contributed by atoms with E-state index < -0.39 is 0 Å². The SMILES string of the molecule is CCNC(=O)N1CCN(c2ccccc2O)CC1. The van der Waals surface area contributed by atoms with E-state index in [-0.39, 0.29) is 6.03 Å². The van der Waals surface area contributed by atoms with Crippen molar-refractivity contribution in [2.24, 2.45) is 0 Å². The van der Waals surface area contributed by atoms with Crippen molar-refractivity contribution in [3.05, 3.63) is 24.3 Å². The molecule has 0 spiro atoms. The van der Waals surface area contributed by atoms with Crippen LogP contribution >= 0.6 is 0 Å². The number of anilines is 1.